The fourth-order valence-electron chi connectivity index (χ4n) is 2.05. The molecule has 1 unspecified atom stereocenters. The topological polar surface area (TPSA) is 87.9 Å². The monoisotopic (exact) mass is 283 g/mol. The lowest BCUT2D eigenvalue weighted by Crippen LogP contribution is -2.39. The van der Waals surface area contributed by atoms with Gasteiger partial charge in [-0.2, -0.15) is 10.4 Å². The molecule has 0 spiro atoms. The van der Waals surface area contributed by atoms with Crippen LogP contribution < -0.4 is 10.6 Å². The van der Waals surface area contributed by atoms with Crippen molar-refractivity contribution >= 4 is 11.6 Å². The summed E-state index contributed by atoms with van der Waals surface area (Å²) in [4.78, 5) is 14.2. The molecule has 6 nitrogen and oxygen atoms in total. The molecule has 0 saturated carbocycles. The number of nitrogens with zero attached hydrogens (tertiary/aromatic N) is 4. The first-order chi connectivity index (χ1) is 10.1. The maximum Gasteiger partial charge on any atom is 0.248 e. The van der Waals surface area contributed by atoms with Crippen molar-refractivity contribution in [3.63, 3.8) is 0 Å². The first-order valence-electron chi connectivity index (χ1n) is 6.61. The number of anilines is 1. The van der Waals surface area contributed by atoms with Crippen molar-refractivity contribution in [2.75, 3.05) is 11.4 Å². The summed E-state index contributed by atoms with van der Waals surface area (Å²) in [6.45, 7) is 0.313. The number of para-hydroxylation sites is 1. The van der Waals surface area contributed by atoms with E-state index in [1.54, 1.807) is 29.0 Å². The van der Waals surface area contributed by atoms with Crippen LogP contribution in [-0.2, 0) is 11.8 Å². The van der Waals surface area contributed by atoms with Crippen molar-refractivity contribution in [2.45, 2.75) is 12.5 Å². The quantitative estimate of drug-likeness (QED) is 0.897. The second-order valence-electron chi connectivity index (χ2n) is 4.66. The summed E-state index contributed by atoms with van der Waals surface area (Å²) in [6, 6.07) is 10.5. The normalized spacial score (nSPS) is 11.7. The second kappa shape index (κ2) is 6.68. The van der Waals surface area contributed by atoms with Gasteiger partial charge >= 0.3 is 0 Å². The molecule has 1 aromatic heterocycles. The van der Waals surface area contributed by atoms with Gasteiger partial charge in [-0.3, -0.25) is 9.48 Å². The average Bonchev–Trinajstić information content (AvgIpc) is 2.94. The molecule has 2 aromatic rings. The zero-order valence-corrected chi connectivity index (χ0v) is 11.8. The zero-order chi connectivity index (χ0) is 15.2. The van der Waals surface area contributed by atoms with Crippen LogP contribution in [-0.4, -0.2) is 22.2 Å². The van der Waals surface area contributed by atoms with Crippen LogP contribution in [0.1, 0.15) is 18.0 Å². The van der Waals surface area contributed by atoms with E-state index in [4.69, 9.17) is 11.0 Å². The average molecular weight is 283 g/mol. The molecule has 0 aliphatic rings. The third-order valence-corrected chi connectivity index (χ3v) is 3.13. The van der Waals surface area contributed by atoms with Crippen LogP contribution in [0.4, 0.5) is 5.69 Å². The number of rotatable bonds is 5. The number of nitrogens with two attached hydrogens (primary N) is 1. The molecule has 1 amide bonds. The van der Waals surface area contributed by atoms with E-state index in [9.17, 15) is 4.79 Å². The molecule has 0 aliphatic carbocycles. The summed E-state index contributed by atoms with van der Waals surface area (Å²) in [5, 5.41) is 12.8. The second-order valence-corrected chi connectivity index (χ2v) is 4.66. The number of hydrogen-bond acceptors (Lipinski definition) is 4. The minimum atomic E-state index is -0.794. The van der Waals surface area contributed by atoms with Crippen molar-refractivity contribution in [1.29, 1.82) is 5.26 Å². The first-order valence-corrected chi connectivity index (χ1v) is 6.61. The molecule has 1 heterocycles. The van der Waals surface area contributed by atoms with Gasteiger partial charge in [0.05, 0.1) is 18.7 Å². The molecule has 0 radical (unpaired) electrons. The number of aromatic nitrogens is 2. The Hall–Kier alpha value is -2.65. The zero-order valence-electron chi connectivity index (χ0n) is 11.8. The maximum atomic E-state index is 12.6. The maximum absolute atomic E-state index is 12.6. The number of benzene rings is 1. The molecule has 1 atom stereocenters. The van der Waals surface area contributed by atoms with Crippen LogP contribution in [0.15, 0.2) is 42.7 Å². The van der Waals surface area contributed by atoms with Gasteiger partial charge in [0.15, 0.2) is 0 Å². The molecule has 2 rings (SSSR count). The standard InChI is InChI=1S/C15H17N5O/c1-19-11-12(10-18-19)14(17)15(21)20(9-5-8-16)13-6-3-2-4-7-13/h2-4,6-7,10-11,14H,5,9,17H2,1H3. The van der Waals surface area contributed by atoms with E-state index in [2.05, 4.69) is 11.2 Å². The van der Waals surface area contributed by atoms with Crippen LogP contribution in [0, 0.1) is 11.3 Å². The molecule has 0 aliphatic heterocycles. The van der Waals surface area contributed by atoms with Crippen molar-refractivity contribution < 1.29 is 4.79 Å². The van der Waals surface area contributed by atoms with E-state index in [1.807, 2.05) is 30.3 Å². The highest BCUT2D eigenvalue weighted by molar-refractivity contribution is 5.97. The molecule has 0 saturated heterocycles. The number of carbonyl (C=O) groups excluding carboxylic acids is 1. The number of amides is 1. The molecule has 1 aromatic carbocycles. The van der Waals surface area contributed by atoms with Gasteiger partial charge in [0.25, 0.3) is 0 Å². The molecular weight excluding hydrogens is 266 g/mol. The van der Waals surface area contributed by atoms with Gasteiger partial charge in [-0.05, 0) is 12.1 Å². The van der Waals surface area contributed by atoms with E-state index in [0.29, 0.717) is 12.1 Å². The Labute approximate surface area is 123 Å². The summed E-state index contributed by atoms with van der Waals surface area (Å²) >= 11 is 0. The van der Waals surface area contributed by atoms with E-state index in [0.717, 1.165) is 5.69 Å². The summed E-state index contributed by atoms with van der Waals surface area (Å²) in [5.74, 6) is -0.246. The molecule has 0 fully saturated rings. The molecular formula is C15H17N5O. The lowest BCUT2D eigenvalue weighted by Gasteiger charge is -2.24. The van der Waals surface area contributed by atoms with Gasteiger partial charge in [0.1, 0.15) is 6.04 Å². The summed E-state index contributed by atoms with van der Waals surface area (Å²) in [7, 11) is 1.77. The molecule has 108 valence electrons. The van der Waals surface area contributed by atoms with Crippen molar-refractivity contribution in [2.24, 2.45) is 12.8 Å². The Kier molecular flexibility index (Phi) is 4.69. The van der Waals surface area contributed by atoms with Crippen LogP contribution in [0.3, 0.4) is 0 Å². The van der Waals surface area contributed by atoms with Gasteiger partial charge in [0.2, 0.25) is 5.91 Å². The van der Waals surface area contributed by atoms with Gasteiger partial charge in [-0.15, -0.1) is 0 Å². The Bertz CT molecular complexity index is 644. The van der Waals surface area contributed by atoms with Crippen molar-refractivity contribution in [1.82, 2.24) is 9.78 Å². The SMILES string of the molecule is Cn1cc(C(N)C(=O)N(CCC#N)c2ccccc2)cn1. The minimum Gasteiger partial charge on any atom is -0.316 e. The third kappa shape index (κ3) is 3.46. The highest BCUT2D eigenvalue weighted by Gasteiger charge is 2.24. The Morgan fingerprint density at radius 3 is 2.76 bits per heavy atom. The summed E-state index contributed by atoms with van der Waals surface area (Å²) in [5.41, 5.74) is 7.42. The largest absolute Gasteiger partial charge is 0.316 e. The Morgan fingerprint density at radius 1 is 1.48 bits per heavy atom. The number of nitriles is 1. The van der Waals surface area contributed by atoms with Crippen molar-refractivity contribution in [3.05, 3.63) is 48.3 Å². The van der Waals surface area contributed by atoms with Crippen LogP contribution in [0.2, 0.25) is 0 Å². The van der Waals surface area contributed by atoms with Gasteiger partial charge in [0, 0.05) is 31.0 Å². The molecule has 2 N–H and O–H groups in total. The van der Waals surface area contributed by atoms with Gasteiger partial charge < -0.3 is 10.6 Å². The van der Waals surface area contributed by atoms with E-state index >= 15 is 0 Å². The lowest BCUT2D eigenvalue weighted by atomic mass is 10.1. The van der Waals surface area contributed by atoms with E-state index < -0.39 is 6.04 Å². The van der Waals surface area contributed by atoms with E-state index in [-0.39, 0.29) is 12.3 Å². The number of aryl methyl sites for hydroxylation is 1. The lowest BCUT2D eigenvalue weighted by molar-refractivity contribution is -0.119. The van der Waals surface area contributed by atoms with Gasteiger partial charge in [-0.25, -0.2) is 0 Å². The molecule has 21 heavy (non-hydrogen) atoms. The third-order valence-electron chi connectivity index (χ3n) is 3.13. The van der Waals surface area contributed by atoms with E-state index in [1.165, 1.54) is 0 Å². The van der Waals surface area contributed by atoms with Gasteiger partial charge in [-0.1, -0.05) is 18.2 Å². The van der Waals surface area contributed by atoms with Crippen LogP contribution in [0.25, 0.3) is 0 Å². The smallest absolute Gasteiger partial charge is 0.248 e. The first kappa shape index (κ1) is 14.8. The predicted molar refractivity (Wildman–Crippen MR) is 79.2 cm³/mol. The minimum absolute atomic E-state index is 0.246. The molecule has 0 bridgehead atoms. The fourth-order valence-corrected chi connectivity index (χ4v) is 2.05. The summed E-state index contributed by atoms with van der Waals surface area (Å²) < 4.78 is 1.60. The summed E-state index contributed by atoms with van der Waals surface area (Å²) in [6.07, 6.45) is 3.55. The number of hydrogen-bond donors (Lipinski definition) is 1. The molecule has 6 heteroatoms. The van der Waals surface area contributed by atoms with Crippen molar-refractivity contribution in [3.8, 4) is 6.07 Å². The predicted octanol–water partition coefficient (Wildman–Crippen LogP) is 1.37. The van der Waals surface area contributed by atoms with Crippen LogP contribution in [0.5, 0.6) is 0 Å². The Balaban J connectivity index is 2.24. The highest BCUT2D eigenvalue weighted by atomic mass is 16.2. The Morgan fingerprint density at radius 2 is 2.19 bits per heavy atom. The highest BCUT2D eigenvalue weighted by Crippen LogP contribution is 2.19. The number of carbonyl (C=O) groups is 1. The van der Waals surface area contributed by atoms with Crippen LogP contribution >= 0.6 is 0 Å². The fraction of sp³-hybridized carbons (Fsp3) is 0.267.